The van der Waals surface area contributed by atoms with Crippen molar-refractivity contribution in [2.45, 2.75) is 49.3 Å². The number of para-hydroxylation sites is 1. The van der Waals surface area contributed by atoms with Crippen molar-refractivity contribution in [1.29, 1.82) is 0 Å². The minimum atomic E-state index is -1.70. The van der Waals surface area contributed by atoms with Crippen LogP contribution in [-0.4, -0.2) is 77.4 Å². The molecule has 6 N–H and O–H groups in total. The molecule has 6 atom stereocenters. The third kappa shape index (κ3) is 3.60. The lowest BCUT2D eigenvalue weighted by molar-refractivity contribution is -0.118. The van der Waals surface area contributed by atoms with Crippen LogP contribution in [0.1, 0.15) is 31.1 Å². The highest BCUT2D eigenvalue weighted by Gasteiger charge is 2.53. The van der Waals surface area contributed by atoms with Gasteiger partial charge in [0.05, 0.1) is 18.6 Å². The molecule has 178 valence electrons. The molecule has 2 aliphatic heterocycles. The maximum absolute atomic E-state index is 12.3. The first-order valence-corrected chi connectivity index (χ1v) is 10.8. The first-order chi connectivity index (χ1) is 16.3. The number of aromatic nitrogens is 4. The average molecular weight is 467 g/mol. The highest BCUT2D eigenvalue weighted by Crippen LogP contribution is 2.40. The predicted octanol–water partition coefficient (Wildman–Crippen LogP) is -0.0165. The van der Waals surface area contributed by atoms with E-state index in [1.54, 1.807) is 6.21 Å². The summed E-state index contributed by atoms with van der Waals surface area (Å²) in [5.41, 5.74) is 6.51. The van der Waals surface area contributed by atoms with Crippen molar-refractivity contribution in [2.75, 3.05) is 11.9 Å². The Morgan fingerprint density at radius 1 is 1.32 bits per heavy atom. The molecule has 2 unspecified atom stereocenters. The van der Waals surface area contributed by atoms with Crippen molar-refractivity contribution in [2.24, 2.45) is 10.7 Å². The number of hydrogen-bond acceptors (Lipinski definition) is 10. The number of aliphatic hydroxyl groups is 3. The number of aliphatic imine (C=N–C) groups is 1. The van der Waals surface area contributed by atoms with Crippen LogP contribution in [0.2, 0.25) is 0 Å². The van der Waals surface area contributed by atoms with Gasteiger partial charge < -0.3 is 31.1 Å². The third-order valence-corrected chi connectivity index (χ3v) is 6.42. The lowest BCUT2D eigenvalue weighted by Crippen LogP contribution is -2.44. The van der Waals surface area contributed by atoms with Gasteiger partial charge in [-0.2, -0.15) is 0 Å². The maximum atomic E-state index is 12.3. The normalized spacial score (nSPS) is 28.8. The lowest BCUT2D eigenvalue weighted by atomic mass is 9.93. The van der Waals surface area contributed by atoms with E-state index >= 15 is 0 Å². The minimum absolute atomic E-state index is 0.0880. The van der Waals surface area contributed by atoms with Crippen LogP contribution in [0.4, 0.5) is 11.5 Å². The van der Waals surface area contributed by atoms with Crippen molar-refractivity contribution < 1.29 is 24.9 Å². The van der Waals surface area contributed by atoms with Crippen LogP contribution in [-0.2, 0) is 9.53 Å². The summed E-state index contributed by atoms with van der Waals surface area (Å²) in [6.45, 7) is 0.949. The van der Waals surface area contributed by atoms with Gasteiger partial charge in [-0.15, -0.1) is 0 Å². The van der Waals surface area contributed by atoms with Crippen LogP contribution >= 0.6 is 0 Å². The Morgan fingerprint density at radius 3 is 2.85 bits per heavy atom. The number of benzene rings is 1. The molecule has 12 nitrogen and oxygen atoms in total. The molecule has 5 rings (SSSR count). The van der Waals surface area contributed by atoms with E-state index in [0.717, 1.165) is 11.3 Å². The molecule has 0 saturated carbocycles. The number of ether oxygens (including phenoxy) is 1. The average Bonchev–Trinajstić information content (AvgIpc) is 3.49. The number of nitrogens with one attached hydrogen (secondary N) is 1. The maximum Gasteiger partial charge on any atom is 0.239 e. The summed E-state index contributed by atoms with van der Waals surface area (Å²) in [6.07, 6.45) is 1.53. The second-order valence-corrected chi connectivity index (χ2v) is 8.70. The number of anilines is 1. The summed E-state index contributed by atoms with van der Waals surface area (Å²) in [5.74, 6) is -0.359. The smallest absolute Gasteiger partial charge is 0.239 e. The number of carbonyl (C=O) groups excluding carboxylic acids is 1. The van der Waals surface area contributed by atoms with Crippen LogP contribution < -0.4 is 11.1 Å². The summed E-state index contributed by atoms with van der Waals surface area (Å²) in [5, 5.41) is 33.7. The molecular formula is C22H25N7O5. The van der Waals surface area contributed by atoms with Gasteiger partial charge in [0.15, 0.2) is 23.2 Å². The van der Waals surface area contributed by atoms with Crippen molar-refractivity contribution in [3.63, 3.8) is 0 Å². The Hall–Kier alpha value is -3.45. The fraction of sp³-hybridized carbons (Fsp3) is 0.409. The number of carbonyl (C=O) groups is 1. The van der Waals surface area contributed by atoms with Crippen LogP contribution in [0.25, 0.3) is 11.2 Å². The van der Waals surface area contributed by atoms with Gasteiger partial charge in [0.25, 0.3) is 0 Å². The number of nitrogens with zero attached hydrogens (tertiary/aromatic N) is 5. The monoisotopic (exact) mass is 467 g/mol. The van der Waals surface area contributed by atoms with Crippen molar-refractivity contribution in [3.05, 3.63) is 42.5 Å². The summed E-state index contributed by atoms with van der Waals surface area (Å²) in [6, 6.07) is 6.95. The predicted molar refractivity (Wildman–Crippen MR) is 122 cm³/mol. The second-order valence-electron chi connectivity index (χ2n) is 8.70. The number of amides is 1. The molecule has 1 amide bonds. The molecule has 2 aliphatic rings. The molecule has 0 aliphatic carbocycles. The zero-order chi connectivity index (χ0) is 24.0. The first kappa shape index (κ1) is 22.3. The van der Waals surface area contributed by atoms with E-state index in [2.05, 4.69) is 25.3 Å². The molecule has 2 aromatic heterocycles. The van der Waals surface area contributed by atoms with E-state index in [9.17, 15) is 20.1 Å². The number of aliphatic hydroxyl groups excluding tert-OH is 2. The van der Waals surface area contributed by atoms with Crippen molar-refractivity contribution in [1.82, 2.24) is 19.5 Å². The van der Waals surface area contributed by atoms with Gasteiger partial charge in [0.1, 0.15) is 30.2 Å². The van der Waals surface area contributed by atoms with Crippen LogP contribution in [0.5, 0.6) is 0 Å². The van der Waals surface area contributed by atoms with Gasteiger partial charge in [-0.05, 0) is 25.0 Å². The minimum Gasteiger partial charge on any atom is -0.394 e. The van der Waals surface area contributed by atoms with Crippen LogP contribution in [0.15, 0.2) is 41.9 Å². The number of rotatable bonds is 7. The van der Waals surface area contributed by atoms with E-state index in [1.807, 2.05) is 24.3 Å². The lowest BCUT2D eigenvalue weighted by Gasteiger charge is -2.27. The van der Waals surface area contributed by atoms with Crippen LogP contribution in [0.3, 0.4) is 0 Å². The van der Waals surface area contributed by atoms with Gasteiger partial charge in [-0.1, -0.05) is 18.2 Å². The highest BCUT2D eigenvalue weighted by molar-refractivity contribution is 5.89. The molecule has 3 aromatic rings. The SMILES string of the molecule is C[C@@]1(O)[C@H](O)[C@@H](CO)O[C@H]1n1cnc2c(NC(CC3C=Nc4ccccc43)C(N)=O)ncnc21. The molecule has 4 heterocycles. The van der Waals surface area contributed by atoms with Crippen molar-refractivity contribution >= 4 is 34.8 Å². The largest absolute Gasteiger partial charge is 0.394 e. The van der Waals surface area contributed by atoms with Gasteiger partial charge >= 0.3 is 0 Å². The number of hydrogen-bond donors (Lipinski definition) is 5. The molecule has 1 aromatic carbocycles. The topological polar surface area (TPSA) is 181 Å². The molecule has 12 heteroatoms. The fourth-order valence-corrected chi connectivity index (χ4v) is 4.54. The van der Waals surface area contributed by atoms with E-state index in [-0.39, 0.29) is 11.7 Å². The highest BCUT2D eigenvalue weighted by atomic mass is 16.6. The third-order valence-electron chi connectivity index (χ3n) is 6.42. The molecule has 0 radical (unpaired) electrons. The molecule has 34 heavy (non-hydrogen) atoms. The zero-order valence-electron chi connectivity index (χ0n) is 18.3. The van der Waals surface area contributed by atoms with Gasteiger partial charge in [-0.25, -0.2) is 15.0 Å². The Bertz CT molecular complexity index is 1260. The van der Waals surface area contributed by atoms with Crippen molar-refractivity contribution in [3.8, 4) is 0 Å². The molecule has 0 spiro atoms. The first-order valence-electron chi connectivity index (χ1n) is 10.8. The Kier molecular flexibility index (Phi) is 5.52. The second kappa shape index (κ2) is 8.40. The fourth-order valence-electron chi connectivity index (χ4n) is 4.54. The van der Waals surface area contributed by atoms with E-state index in [0.29, 0.717) is 17.6 Å². The number of nitrogens with two attached hydrogens (primary N) is 1. The van der Waals surface area contributed by atoms with Gasteiger partial charge in [0.2, 0.25) is 5.91 Å². The molecular weight excluding hydrogens is 442 g/mol. The number of fused-ring (bicyclic) bond motifs is 2. The summed E-state index contributed by atoms with van der Waals surface area (Å²) >= 11 is 0. The van der Waals surface area contributed by atoms with Gasteiger partial charge in [0, 0.05) is 12.1 Å². The standard InChI is InChI=1S/C22H25N7O5/c1-22(33)17(31)15(8-30)34-21(22)29-10-27-16-19(25-9-26-20(16)29)28-14(18(23)32)6-11-7-24-13-5-3-2-4-12(11)13/h2-5,7,9-11,14-15,17,21,30-31,33H,6,8H2,1H3,(H2,23,32)(H,25,26,28)/t11?,14?,15-,17-,21-,22-/m1/s1. The van der Waals surface area contributed by atoms with E-state index in [4.69, 9.17) is 10.5 Å². The summed E-state index contributed by atoms with van der Waals surface area (Å²) in [7, 11) is 0. The van der Waals surface area contributed by atoms with Crippen LogP contribution in [0, 0.1) is 0 Å². The Labute approximate surface area is 194 Å². The zero-order valence-corrected chi connectivity index (χ0v) is 18.3. The molecule has 0 bridgehead atoms. The van der Waals surface area contributed by atoms with E-state index in [1.165, 1.54) is 24.1 Å². The summed E-state index contributed by atoms with van der Waals surface area (Å²) in [4.78, 5) is 29.5. The molecule has 1 saturated heterocycles. The molecule has 1 fully saturated rings. The van der Waals surface area contributed by atoms with E-state index < -0.39 is 42.6 Å². The Morgan fingerprint density at radius 2 is 2.12 bits per heavy atom. The number of imidazole rings is 1. The number of primary amides is 1. The summed E-state index contributed by atoms with van der Waals surface area (Å²) < 4.78 is 7.13. The Balaban J connectivity index is 1.43. The van der Waals surface area contributed by atoms with Gasteiger partial charge in [-0.3, -0.25) is 14.4 Å². The quantitative estimate of drug-likeness (QED) is 0.319.